The Balaban J connectivity index is 1.32. The van der Waals surface area contributed by atoms with Crippen molar-refractivity contribution in [1.82, 2.24) is 19.6 Å². The number of carbonyl (C=O) groups excluding carboxylic acids is 4. The van der Waals surface area contributed by atoms with Crippen LogP contribution in [0.3, 0.4) is 0 Å². The first kappa shape index (κ1) is 30.2. The SMILES string of the molecule is CCO/N=C(\C(=O)N[C@@H]1C(=O)N2C(C(=O)[O-])=C(C[n+]3ccn4c(SCCOC(N)=O)cccc43)CS[C@H]12)c1csc(N)n1. The highest BCUT2D eigenvalue weighted by Gasteiger charge is 2.53. The van der Waals surface area contributed by atoms with Crippen LogP contribution in [0.5, 0.6) is 0 Å². The number of hydrogen-bond donors (Lipinski definition) is 3. The number of oxime groups is 1. The van der Waals surface area contributed by atoms with E-state index in [0.29, 0.717) is 11.3 Å². The first-order valence-electron chi connectivity index (χ1n) is 12.8. The molecule has 5 rings (SSSR count). The maximum absolute atomic E-state index is 13.2. The fraction of sp³-hybridized carbons (Fsp3) is 0.320. The second kappa shape index (κ2) is 12.9. The van der Waals surface area contributed by atoms with E-state index in [9.17, 15) is 24.3 Å². The van der Waals surface area contributed by atoms with E-state index in [-0.39, 0.29) is 47.7 Å². The fourth-order valence-corrected chi connectivity index (χ4v) is 7.30. The van der Waals surface area contributed by atoms with E-state index in [2.05, 4.69) is 15.5 Å². The van der Waals surface area contributed by atoms with Gasteiger partial charge in [0.25, 0.3) is 17.5 Å². The first-order chi connectivity index (χ1) is 20.7. The number of aliphatic carboxylic acids is 1. The maximum Gasteiger partial charge on any atom is 0.404 e. The molecule has 1 fully saturated rings. The zero-order valence-corrected chi connectivity index (χ0v) is 25.1. The van der Waals surface area contributed by atoms with Gasteiger partial charge in [0.1, 0.15) is 49.3 Å². The Morgan fingerprint density at radius 2 is 2.16 bits per heavy atom. The van der Waals surface area contributed by atoms with Gasteiger partial charge >= 0.3 is 6.09 Å². The number of amides is 3. The Bertz CT molecular complexity index is 1650. The van der Waals surface area contributed by atoms with E-state index >= 15 is 0 Å². The third-order valence-electron chi connectivity index (χ3n) is 6.39. The number of aromatic nitrogens is 3. The van der Waals surface area contributed by atoms with Crippen LogP contribution in [-0.2, 0) is 30.5 Å². The van der Waals surface area contributed by atoms with Gasteiger partial charge in [-0.15, -0.1) is 23.1 Å². The highest BCUT2D eigenvalue weighted by atomic mass is 32.2. The van der Waals surface area contributed by atoms with Gasteiger partial charge in [-0.2, -0.15) is 4.40 Å². The minimum absolute atomic E-state index is 0.145. The van der Waals surface area contributed by atoms with Gasteiger partial charge < -0.3 is 36.3 Å². The number of thiazole rings is 1. The normalized spacial score (nSPS) is 18.3. The summed E-state index contributed by atoms with van der Waals surface area (Å²) in [7, 11) is 0. The lowest BCUT2D eigenvalue weighted by atomic mass is 10.0. The minimum Gasteiger partial charge on any atom is -0.543 e. The zero-order valence-electron chi connectivity index (χ0n) is 22.6. The van der Waals surface area contributed by atoms with Crippen LogP contribution in [0.1, 0.15) is 12.6 Å². The van der Waals surface area contributed by atoms with E-state index in [1.807, 2.05) is 33.4 Å². The molecule has 0 aliphatic carbocycles. The molecule has 3 aromatic heterocycles. The molecule has 3 aromatic rings. The third kappa shape index (κ3) is 6.25. The number of carboxylic acid groups (broad SMARTS) is 1. The monoisotopic (exact) mass is 646 g/mol. The standard InChI is InChI=1S/C25H26N8O7S3/c1-2-40-30-17(14-12-43-24(26)28-14)20(34)29-18-21(35)33-19(23(36)37)13(11-42-22(18)33)10-31-6-7-32-15(31)4-3-5-16(32)41-9-8-39-25(27)38/h3-7,12,18,22H,2,8-11H2,1H3,(H5-,26,27,28,29,34,36,37,38)/b30-17-/t18-,22-/m1/s1. The molecule has 1 saturated heterocycles. The molecule has 43 heavy (non-hydrogen) atoms. The van der Waals surface area contributed by atoms with E-state index in [0.717, 1.165) is 26.9 Å². The van der Waals surface area contributed by atoms with Crippen molar-refractivity contribution in [2.24, 2.45) is 10.9 Å². The van der Waals surface area contributed by atoms with Crippen LogP contribution in [0.2, 0.25) is 0 Å². The van der Waals surface area contributed by atoms with Crippen LogP contribution in [0.15, 0.2) is 57.4 Å². The Labute approximate surface area is 256 Å². The molecule has 5 heterocycles. The summed E-state index contributed by atoms with van der Waals surface area (Å²) in [6.45, 7) is 2.25. The molecule has 226 valence electrons. The van der Waals surface area contributed by atoms with Gasteiger partial charge in [0.2, 0.25) is 0 Å². The Morgan fingerprint density at radius 3 is 2.86 bits per heavy atom. The Kier molecular flexibility index (Phi) is 9.07. The van der Waals surface area contributed by atoms with Gasteiger partial charge in [0.05, 0.1) is 11.7 Å². The number of anilines is 1. The topological polar surface area (TPSA) is 211 Å². The molecule has 0 aromatic carbocycles. The second-order valence-corrected chi connectivity index (χ2v) is 12.2. The van der Waals surface area contributed by atoms with Crippen molar-refractivity contribution < 1.29 is 38.4 Å². The number of hydrogen-bond acceptors (Lipinski definition) is 13. The predicted molar refractivity (Wildman–Crippen MR) is 156 cm³/mol. The molecular formula is C25H26N8O7S3. The number of rotatable bonds is 12. The molecule has 0 bridgehead atoms. The molecule has 0 unspecified atom stereocenters. The summed E-state index contributed by atoms with van der Waals surface area (Å²) in [5, 5.41) is 20.8. The molecular weight excluding hydrogens is 621 g/mol. The molecule has 2 aliphatic heterocycles. The zero-order chi connectivity index (χ0) is 30.7. The fourth-order valence-electron chi connectivity index (χ4n) is 4.58. The summed E-state index contributed by atoms with van der Waals surface area (Å²) in [6.07, 6.45) is 2.81. The van der Waals surface area contributed by atoms with E-state index < -0.39 is 35.3 Å². The number of thioether (sulfide) groups is 2. The average molecular weight is 647 g/mol. The van der Waals surface area contributed by atoms with Gasteiger partial charge in [0, 0.05) is 28.5 Å². The van der Waals surface area contributed by atoms with Crippen LogP contribution in [0, 0.1) is 0 Å². The lowest BCUT2D eigenvalue weighted by molar-refractivity contribution is -0.662. The van der Waals surface area contributed by atoms with Crippen molar-refractivity contribution in [3.8, 4) is 0 Å². The van der Waals surface area contributed by atoms with Gasteiger partial charge in [-0.3, -0.25) is 14.5 Å². The quantitative estimate of drug-likeness (QED) is 0.0559. The lowest BCUT2D eigenvalue weighted by Gasteiger charge is -2.50. The summed E-state index contributed by atoms with van der Waals surface area (Å²) in [6, 6.07) is 4.65. The smallest absolute Gasteiger partial charge is 0.404 e. The van der Waals surface area contributed by atoms with Gasteiger partial charge in [0.15, 0.2) is 15.9 Å². The molecule has 3 amide bonds. The van der Waals surface area contributed by atoms with Gasteiger partial charge in [-0.25, -0.2) is 14.3 Å². The molecule has 15 nitrogen and oxygen atoms in total. The van der Waals surface area contributed by atoms with Crippen molar-refractivity contribution >= 4 is 75.2 Å². The van der Waals surface area contributed by atoms with Crippen LogP contribution in [0.4, 0.5) is 9.93 Å². The van der Waals surface area contributed by atoms with Crippen LogP contribution >= 0.6 is 34.9 Å². The summed E-state index contributed by atoms with van der Waals surface area (Å²) >= 11 is 3.91. The van der Waals surface area contributed by atoms with Crippen molar-refractivity contribution in [1.29, 1.82) is 0 Å². The number of nitrogens with one attached hydrogen (secondary N) is 1. The molecule has 2 aliphatic rings. The molecule has 0 saturated carbocycles. The van der Waals surface area contributed by atoms with Crippen molar-refractivity contribution in [2.75, 3.05) is 30.5 Å². The number of nitrogens with two attached hydrogens (primary N) is 2. The van der Waals surface area contributed by atoms with Crippen molar-refractivity contribution in [3.05, 3.63) is 52.9 Å². The van der Waals surface area contributed by atoms with Crippen molar-refractivity contribution in [3.63, 3.8) is 0 Å². The van der Waals surface area contributed by atoms with E-state index in [1.165, 1.54) is 23.5 Å². The summed E-state index contributed by atoms with van der Waals surface area (Å²) < 4.78 is 8.57. The minimum atomic E-state index is -1.48. The van der Waals surface area contributed by atoms with Crippen LogP contribution < -0.4 is 26.5 Å². The van der Waals surface area contributed by atoms with Crippen molar-refractivity contribution in [2.45, 2.75) is 29.9 Å². The lowest BCUT2D eigenvalue weighted by Crippen LogP contribution is -2.71. The van der Waals surface area contributed by atoms with Gasteiger partial charge in [-0.1, -0.05) is 16.9 Å². The summed E-state index contributed by atoms with van der Waals surface area (Å²) in [5.41, 5.74) is 11.8. The summed E-state index contributed by atoms with van der Waals surface area (Å²) in [4.78, 5) is 59.7. The van der Waals surface area contributed by atoms with Crippen LogP contribution in [0.25, 0.3) is 5.65 Å². The number of nitrogens with zero attached hydrogens (tertiary/aromatic N) is 5. The summed E-state index contributed by atoms with van der Waals surface area (Å²) in [5.74, 6) is -1.99. The molecule has 2 atom stereocenters. The number of carboxylic acids is 1. The molecule has 18 heteroatoms. The van der Waals surface area contributed by atoms with E-state index in [4.69, 9.17) is 21.0 Å². The number of carbonyl (C=O) groups is 4. The highest BCUT2D eigenvalue weighted by Crippen LogP contribution is 2.40. The number of fused-ring (bicyclic) bond motifs is 2. The second-order valence-electron chi connectivity index (χ2n) is 9.06. The van der Waals surface area contributed by atoms with Crippen LogP contribution in [-0.4, -0.2) is 80.0 Å². The highest BCUT2D eigenvalue weighted by molar-refractivity contribution is 8.00. The van der Waals surface area contributed by atoms with E-state index in [1.54, 1.807) is 18.5 Å². The predicted octanol–water partition coefficient (Wildman–Crippen LogP) is -0.702. The number of β-lactam (4-membered cyclic amide) rings is 1. The average Bonchev–Trinajstić information content (AvgIpc) is 3.60. The molecule has 0 radical (unpaired) electrons. The largest absolute Gasteiger partial charge is 0.543 e. The maximum atomic E-state index is 13.2. The Morgan fingerprint density at radius 1 is 1.35 bits per heavy atom. The first-order valence-corrected chi connectivity index (χ1v) is 15.8. The number of primary amides is 1. The number of nitrogen functional groups attached to an aromatic ring is 1. The Hall–Kier alpha value is -4.29. The number of imidazole rings is 1. The number of pyridine rings is 1. The number of ether oxygens (including phenoxy) is 1. The third-order valence-corrected chi connectivity index (χ3v) is 9.40. The molecule has 0 spiro atoms. The van der Waals surface area contributed by atoms with Gasteiger partial charge in [-0.05, 0) is 19.1 Å². The molecule has 5 N–H and O–H groups in total.